The van der Waals surface area contributed by atoms with E-state index in [0.717, 1.165) is 28.2 Å². The number of nitrogens with zero attached hydrogens (tertiary/aromatic N) is 3. The van der Waals surface area contributed by atoms with E-state index in [1.807, 2.05) is 29.7 Å². The molecule has 2 aromatic heterocycles. The molecule has 3 rings (SSSR count). The van der Waals surface area contributed by atoms with Crippen LogP contribution in [0.5, 0.6) is 0 Å². The maximum atomic E-state index is 12.3. The van der Waals surface area contributed by atoms with E-state index in [0.29, 0.717) is 6.42 Å². The second kappa shape index (κ2) is 8.49. The predicted octanol–water partition coefficient (Wildman–Crippen LogP) is 2.74. The molecule has 1 aromatic carbocycles. The zero-order valence-corrected chi connectivity index (χ0v) is 16.5. The molecule has 0 saturated carbocycles. The molecule has 0 atom stereocenters. The van der Waals surface area contributed by atoms with Crippen molar-refractivity contribution in [2.75, 3.05) is 14.1 Å². The number of primary amides is 1. The van der Waals surface area contributed by atoms with Gasteiger partial charge in [-0.2, -0.15) is 0 Å². The molecule has 0 spiro atoms. The topological polar surface area (TPSA) is 80.7 Å². The number of rotatable bonds is 3. The van der Waals surface area contributed by atoms with Crippen molar-refractivity contribution >= 4 is 17.5 Å². The van der Waals surface area contributed by atoms with Crippen molar-refractivity contribution in [3.8, 4) is 11.3 Å². The number of carbonyl (C=O) groups is 2. The van der Waals surface area contributed by atoms with Crippen molar-refractivity contribution in [1.29, 1.82) is 0 Å². The molecule has 3 aromatic rings. The molecule has 27 heavy (non-hydrogen) atoms. The second-order valence-corrected chi connectivity index (χ2v) is 6.78. The molecule has 0 fully saturated rings. The lowest BCUT2D eigenvalue weighted by Crippen LogP contribution is -2.24. The van der Waals surface area contributed by atoms with E-state index >= 15 is 0 Å². The molecule has 0 aliphatic rings. The minimum atomic E-state index is -0.333. The summed E-state index contributed by atoms with van der Waals surface area (Å²) in [5, 5.41) is 0. The van der Waals surface area contributed by atoms with Crippen LogP contribution in [0.4, 0.5) is 0 Å². The summed E-state index contributed by atoms with van der Waals surface area (Å²) in [6.07, 6.45) is 2.37. The number of imidazole rings is 1. The summed E-state index contributed by atoms with van der Waals surface area (Å²) in [6.45, 7) is 5.41. The number of carbonyl (C=O) groups excluding carboxylic acids is 2. The van der Waals surface area contributed by atoms with Gasteiger partial charge in [0.15, 0.2) is 0 Å². The average Bonchev–Trinajstić information content (AvgIpc) is 2.93. The normalized spacial score (nSPS) is 10.3. The smallest absolute Gasteiger partial charge is 0.228 e. The van der Waals surface area contributed by atoms with Gasteiger partial charge in [-0.25, -0.2) is 4.98 Å². The first-order valence-electron chi connectivity index (χ1n) is 8.70. The first kappa shape index (κ1) is 20.2. The van der Waals surface area contributed by atoms with Gasteiger partial charge in [0.2, 0.25) is 11.8 Å². The predicted molar refractivity (Wildman–Crippen MR) is 107 cm³/mol. The third-order valence-corrected chi connectivity index (χ3v) is 4.01. The molecule has 2 amide bonds. The Balaban J connectivity index is 0.000000596. The van der Waals surface area contributed by atoms with E-state index in [4.69, 9.17) is 4.98 Å². The number of fused-ring (bicyclic) bond motifs is 1. The molecule has 6 nitrogen and oxygen atoms in total. The van der Waals surface area contributed by atoms with Crippen molar-refractivity contribution < 1.29 is 9.59 Å². The second-order valence-electron chi connectivity index (χ2n) is 6.78. The van der Waals surface area contributed by atoms with Gasteiger partial charge in [0.1, 0.15) is 5.65 Å². The fourth-order valence-electron chi connectivity index (χ4n) is 2.61. The Labute approximate surface area is 159 Å². The van der Waals surface area contributed by atoms with Gasteiger partial charge in [0.05, 0.1) is 17.8 Å². The van der Waals surface area contributed by atoms with E-state index in [1.165, 1.54) is 12.5 Å². The first-order chi connectivity index (χ1) is 12.7. The Morgan fingerprint density at radius 2 is 1.59 bits per heavy atom. The van der Waals surface area contributed by atoms with Gasteiger partial charge < -0.3 is 15.0 Å². The molecule has 0 saturated heterocycles. The van der Waals surface area contributed by atoms with Crippen molar-refractivity contribution in [3.05, 3.63) is 59.4 Å². The van der Waals surface area contributed by atoms with Crippen LogP contribution in [0.15, 0.2) is 42.6 Å². The van der Waals surface area contributed by atoms with Crippen molar-refractivity contribution in [2.45, 2.75) is 27.2 Å². The Morgan fingerprint density at radius 3 is 2.15 bits per heavy atom. The highest BCUT2D eigenvalue weighted by atomic mass is 16.2. The molecule has 0 bridgehead atoms. The summed E-state index contributed by atoms with van der Waals surface area (Å²) in [5.74, 6) is -0.262. The van der Waals surface area contributed by atoms with E-state index in [9.17, 15) is 9.59 Å². The van der Waals surface area contributed by atoms with Crippen LogP contribution in [0, 0.1) is 13.8 Å². The lowest BCUT2D eigenvalue weighted by atomic mass is 10.1. The van der Waals surface area contributed by atoms with Crippen molar-refractivity contribution in [3.63, 3.8) is 0 Å². The van der Waals surface area contributed by atoms with Crippen LogP contribution in [0.3, 0.4) is 0 Å². The van der Waals surface area contributed by atoms with Crippen LogP contribution in [-0.4, -0.2) is 40.2 Å². The minimum Gasteiger partial charge on any atom is -0.370 e. The zero-order chi connectivity index (χ0) is 20.1. The molecule has 0 aliphatic carbocycles. The van der Waals surface area contributed by atoms with E-state index in [2.05, 4.69) is 36.9 Å². The average molecular weight is 366 g/mol. The molecular weight excluding hydrogens is 340 g/mol. The first-order valence-corrected chi connectivity index (χ1v) is 8.70. The van der Waals surface area contributed by atoms with Gasteiger partial charge in [0.25, 0.3) is 0 Å². The highest BCUT2D eigenvalue weighted by Crippen LogP contribution is 2.26. The Morgan fingerprint density at radius 1 is 1.04 bits per heavy atom. The zero-order valence-electron chi connectivity index (χ0n) is 16.5. The Hall–Kier alpha value is -3.15. The Bertz CT molecular complexity index is 952. The van der Waals surface area contributed by atoms with Crippen LogP contribution >= 0.6 is 0 Å². The largest absolute Gasteiger partial charge is 0.370 e. The molecule has 2 N–H and O–H groups in total. The lowest BCUT2D eigenvalue weighted by molar-refractivity contribution is -0.128. The van der Waals surface area contributed by atoms with Gasteiger partial charge in [-0.1, -0.05) is 35.9 Å². The number of aryl methyl sites for hydroxylation is 2. The molecule has 2 heterocycles. The number of likely N-dealkylation sites (N-methyl/N-ethyl adjacent to an activating group) is 1. The number of pyridine rings is 1. The van der Waals surface area contributed by atoms with Gasteiger partial charge in [-0.3, -0.25) is 9.59 Å². The van der Waals surface area contributed by atoms with Crippen molar-refractivity contribution in [1.82, 2.24) is 14.3 Å². The summed E-state index contributed by atoms with van der Waals surface area (Å²) in [6, 6.07) is 12.3. The highest BCUT2D eigenvalue weighted by Gasteiger charge is 2.18. The third kappa shape index (κ3) is 5.17. The SMILES string of the molecule is CC(N)=O.Cc1ccc(-c2nc3ccc(C)cn3c2CC(=O)N(C)C)cc1. The summed E-state index contributed by atoms with van der Waals surface area (Å²) in [5.41, 5.74) is 10.5. The van der Waals surface area contributed by atoms with Crippen LogP contribution in [-0.2, 0) is 16.0 Å². The monoisotopic (exact) mass is 366 g/mol. The summed E-state index contributed by atoms with van der Waals surface area (Å²) in [7, 11) is 3.56. The molecule has 142 valence electrons. The summed E-state index contributed by atoms with van der Waals surface area (Å²) < 4.78 is 2.03. The van der Waals surface area contributed by atoms with Gasteiger partial charge in [-0.15, -0.1) is 0 Å². The number of hydrogen-bond donors (Lipinski definition) is 1. The molecule has 6 heteroatoms. The maximum absolute atomic E-state index is 12.3. The van der Waals surface area contributed by atoms with E-state index in [1.54, 1.807) is 19.0 Å². The molecule has 0 unspecified atom stereocenters. The van der Waals surface area contributed by atoms with Crippen LogP contribution in [0.25, 0.3) is 16.9 Å². The van der Waals surface area contributed by atoms with E-state index in [-0.39, 0.29) is 11.8 Å². The van der Waals surface area contributed by atoms with Gasteiger partial charge in [0, 0.05) is 32.8 Å². The number of hydrogen-bond acceptors (Lipinski definition) is 3. The van der Waals surface area contributed by atoms with Gasteiger partial charge >= 0.3 is 0 Å². The summed E-state index contributed by atoms with van der Waals surface area (Å²) in [4.78, 5) is 27.9. The van der Waals surface area contributed by atoms with Crippen LogP contribution in [0.1, 0.15) is 23.7 Å². The fourth-order valence-corrected chi connectivity index (χ4v) is 2.61. The summed E-state index contributed by atoms with van der Waals surface area (Å²) >= 11 is 0. The fraction of sp³-hybridized carbons (Fsp3) is 0.286. The van der Waals surface area contributed by atoms with Gasteiger partial charge in [-0.05, 0) is 25.5 Å². The quantitative estimate of drug-likeness (QED) is 0.774. The standard InChI is InChI=1S/C19H21N3O.C2H5NO/c1-13-5-8-15(9-6-13)19-16(11-18(23)21(3)4)22-12-14(2)7-10-17(22)20-19;1-2(3)4/h5-10,12H,11H2,1-4H3;1H3,(H2,3,4). The maximum Gasteiger partial charge on any atom is 0.228 e. The minimum absolute atomic E-state index is 0.0710. The molecule has 0 radical (unpaired) electrons. The van der Waals surface area contributed by atoms with Crippen LogP contribution in [0.2, 0.25) is 0 Å². The lowest BCUT2D eigenvalue weighted by Gasteiger charge is -2.11. The third-order valence-electron chi connectivity index (χ3n) is 4.01. The molecule has 0 aliphatic heterocycles. The highest BCUT2D eigenvalue weighted by molar-refractivity contribution is 5.81. The molecular formula is C21H26N4O2. The number of amides is 2. The number of benzene rings is 1. The van der Waals surface area contributed by atoms with E-state index < -0.39 is 0 Å². The number of nitrogens with two attached hydrogens (primary N) is 1. The Kier molecular flexibility index (Phi) is 6.34. The van der Waals surface area contributed by atoms with Crippen molar-refractivity contribution in [2.24, 2.45) is 5.73 Å². The number of aromatic nitrogens is 2. The van der Waals surface area contributed by atoms with Crippen LogP contribution < -0.4 is 5.73 Å².